The molecule has 3 rings (SSSR count). The van der Waals surface area contributed by atoms with Crippen LogP contribution in [-0.2, 0) is 14.2 Å². The predicted molar refractivity (Wildman–Crippen MR) is 129 cm³/mol. The van der Waals surface area contributed by atoms with E-state index in [0.29, 0.717) is 24.9 Å². The first kappa shape index (κ1) is 28.7. The SMILES string of the molecule is C.C=C1CCC(C(C)(C)C)O1.C=C1COC(C(C)(C)C)C1.C=C1COCN1C(C)C. The van der Waals surface area contributed by atoms with Crippen molar-refractivity contribution in [3.8, 4) is 0 Å². The van der Waals surface area contributed by atoms with Crippen LogP contribution in [0.1, 0.15) is 82.1 Å². The van der Waals surface area contributed by atoms with E-state index >= 15 is 0 Å². The highest BCUT2D eigenvalue weighted by molar-refractivity contribution is 5.04. The number of hydrogen-bond donors (Lipinski definition) is 0. The summed E-state index contributed by atoms with van der Waals surface area (Å²) in [4.78, 5) is 2.15. The molecule has 30 heavy (non-hydrogen) atoms. The van der Waals surface area contributed by atoms with Crippen molar-refractivity contribution in [2.75, 3.05) is 19.9 Å². The largest absolute Gasteiger partial charge is 0.495 e. The third-order valence-corrected chi connectivity index (χ3v) is 5.42. The second kappa shape index (κ2) is 12.0. The van der Waals surface area contributed by atoms with Gasteiger partial charge in [0.2, 0.25) is 0 Å². The molecule has 0 aromatic heterocycles. The Morgan fingerprint density at radius 3 is 1.70 bits per heavy atom. The smallest absolute Gasteiger partial charge is 0.119 e. The summed E-state index contributed by atoms with van der Waals surface area (Å²) in [5.74, 6) is 0.958. The Hall–Kier alpha value is -1.26. The van der Waals surface area contributed by atoms with Crippen molar-refractivity contribution >= 4 is 0 Å². The number of hydrogen-bond acceptors (Lipinski definition) is 4. The molecule has 176 valence electrons. The minimum atomic E-state index is 0. The molecule has 2 atom stereocenters. The predicted octanol–water partition coefficient (Wildman–Crippen LogP) is 6.94. The molecule has 3 aliphatic heterocycles. The van der Waals surface area contributed by atoms with Crippen LogP contribution in [0.3, 0.4) is 0 Å². The maximum absolute atomic E-state index is 5.53. The lowest BCUT2D eigenvalue weighted by Crippen LogP contribution is -2.25. The van der Waals surface area contributed by atoms with Gasteiger partial charge < -0.3 is 19.1 Å². The minimum Gasteiger partial charge on any atom is -0.495 e. The zero-order valence-electron chi connectivity index (χ0n) is 20.3. The molecule has 3 fully saturated rings. The summed E-state index contributed by atoms with van der Waals surface area (Å²) < 4.78 is 16.2. The fourth-order valence-electron chi connectivity index (χ4n) is 3.33. The van der Waals surface area contributed by atoms with Crippen molar-refractivity contribution in [2.45, 2.75) is 100 Å². The van der Waals surface area contributed by atoms with Gasteiger partial charge in [0.1, 0.15) is 12.8 Å². The molecule has 0 spiro atoms. The van der Waals surface area contributed by atoms with Gasteiger partial charge in [0.05, 0.1) is 25.1 Å². The van der Waals surface area contributed by atoms with Crippen LogP contribution in [0.25, 0.3) is 0 Å². The van der Waals surface area contributed by atoms with Crippen LogP contribution in [0, 0.1) is 10.8 Å². The van der Waals surface area contributed by atoms with Crippen molar-refractivity contribution in [2.24, 2.45) is 10.8 Å². The van der Waals surface area contributed by atoms with Gasteiger partial charge in [0, 0.05) is 18.2 Å². The molecule has 0 aromatic rings. The van der Waals surface area contributed by atoms with Crippen molar-refractivity contribution in [1.29, 1.82) is 0 Å². The molecule has 4 nitrogen and oxygen atoms in total. The van der Waals surface area contributed by atoms with E-state index in [0.717, 1.165) is 44.1 Å². The van der Waals surface area contributed by atoms with E-state index in [9.17, 15) is 0 Å². The van der Waals surface area contributed by atoms with E-state index in [-0.39, 0.29) is 18.3 Å². The molecule has 0 radical (unpaired) electrons. The second-order valence-electron chi connectivity index (χ2n) is 10.8. The Balaban J connectivity index is 0.000000414. The van der Waals surface area contributed by atoms with Gasteiger partial charge in [-0.2, -0.15) is 0 Å². The second-order valence-corrected chi connectivity index (χ2v) is 10.8. The Morgan fingerprint density at radius 2 is 1.50 bits per heavy atom. The van der Waals surface area contributed by atoms with Gasteiger partial charge in [-0.3, -0.25) is 0 Å². The highest BCUT2D eigenvalue weighted by Crippen LogP contribution is 2.34. The van der Waals surface area contributed by atoms with Crippen molar-refractivity contribution in [3.63, 3.8) is 0 Å². The fraction of sp³-hybridized carbons (Fsp3) is 0.769. The molecule has 0 bridgehead atoms. The first-order chi connectivity index (χ1) is 13.2. The third-order valence-electron chi connectivity index (χ3n) is 5.42. The standard InChI is InChI=1S/2C9H16O.C7H13NO.CH4/c1-7-5-8(10-6-7)9(2,3)4;1-7-5-6-8(10-7)9(2,3)4;1-6(2)8-5-9-4-7(8)3;/h2*8H,1,5-6H2,2-4H3;6H,3-5H2,1-2H3;1H4. The van der Waals surface area contributed by atoms with Gasteiger partial charge >= 0.3 is 0 Å². The lowest BCUT2D eigenvalue weighted by Gasteiger charge is -2.25. The Bertz CT molecular complexity index is 530. The summed E-state index contributed by atoms with van der Waals surface area (Å²) in [5, 5.41) is 0. The minimum absolute atomic E-state index is 0. The monoisotopic (exact) mass is 423 g/mol. The number of rotatable bonds is 1. The van der Waals surface area contributed by atoms with Gasteiger partial charge in [0.25, 0.3) is 0 Å². The van der Waals surface area contributed by atoms with Crippen molar-refractivity contribution < 1.29 is 14.2 Å². The lowest BCUT2D eigenvalue weighted by molar-refractivity contribution is 0.0298. The molecule has 3 saturated heterocycles. The molecule has 0 saturated carbocycles. The summed E-state index contributed by atoms with van der Waals surface area (Å²) in [7, 11) is 0. The lowest BCUT2D eigenvalue weighted by atomic mass is 9.87. The molecule has 0 amide bonds. The number of allylic oxidation sites excluding steroid dienone is 1. The van der Waals surface area contributed by atoms with E-state index in [2.05, 4.69) is 80.0 Å². The first-order valence-electron chi connectivity index (χ1n) is 10.9. The quantitative estimate of drug-likeness (QED) is 0.428. The summed E-state index contributed by atoms with van der Waals surface area (Å²) in [6.45, 7) is 31.2. The van der Waals surface area contributed by atoms with Crippen LogP contribution in [-0.4, -0.2) is 43.1 Å². The summed E-state index contributed by atoms with van der Waals surface area (Å²) >= 11 is 0. The summed E-state index contributed by atoms with van der Waals surface area (Å²) in [5.41, 5.74) is 2.89. The average molecular weight is 424 g/mol. The Morgan fingerprint density at radius 1 is 0.933 bits per heavy atom. The zero-order valence-corrected chi connectivity index (χ0v) is 20.3. The molecule has 4 heteroatoms. The van der Waals surface area contributed by atoms with Crippen molar-refractivity contribution in [1.82, 2.24) is 4.90 Å². The maximum Gasteiger partial charge on any atom is 0.119 e. The highest BCUT2D eigenvalue weighted by Gasteiger charge is 2.31. The van der Waals surface area contributed by atoms with Gasteiger partial charge in [-0.05, 0) is 43.1 Å². The maximum atomic E-state index is 5.53. The molecular weight excluding hydrogens is 374 g/mol. The summed E-state index contributed by atoms with van der Waals surface area (Å²) in [6, 6.07) is 0.528. The molecule has 0 N–H and O–H groups in total. The van der Waals surface area contributed by atoms with E-state index in [4.69, 9.17) is 14.2 Å². The third kappa shape index (κ3) is 9.70. The first-order valence-corrected chi connectivity index (χ1v) is 10.9. The topological polar surface area (TPSA) is 30.9 Å². The van der Waals surface area contributed by atoms with Gasteiger partial charge in [0.15, 0.2) is 0 Å². The van der Waals surface area contributed by atoms with Gasteiger partial charge in [-0.15, -0.1) is 0 Å². The highest BCUT2D eigenvalue weighted by atomic mass is 16.5. The van der Waals surface area contributed by atoms with Gasteiger partial charge in [-0.25, -0.2) is 0 Å². The summed E-state index contributed by atoms with van der Waals surface area (Å²) in [6.07, 6.45) is 4.01. The van der Waals surface area contributed by atoms with Crippen LogP contribution in [0.4, 0.5) is 0 Å². The van der Waals surface area contributed by atoms with E-state index < -0.39 is 0 Å². The Kier molecular flexibility index (Phi) is 11.4. The molecular formula is C26H49NO3. The molecule has 2 unspecified atom stereocenters. The molecule has 3 heterocycles. The number of nitrogens with zero attached hydrogens (tertiary/aromatic N) is 1. The van der Waals surface area contributed by atoms with Crippen LogP contribution in [0.15, 0.2) is 36.8 Å². The number of ether oxygens (including phenoxy) is 3. The van der Waals surface area contributed by atoms with Crippen LogP contribution >= 0.6 is 0 Å². The van der Waals surface area contributed by atoms with Crippen LogP contribution in [0.5, 0.6) is 0 Å². The van der Waals surface area contributed by atoms with Crippen molar-refractivity contribution in [3.05, 3.63) is 36.8 Å². The van der Waals surface area contributed by atoms with E-state index in [1.807, 2.05) is 0 Å². The van der Waals surface area contributed by atoms with E-state index in [1.54, 1.807) is 0 Å². The molecule has 0 aromatic carbocycles. The van der Waals surface area contributed by atoms with Crippen LogP contribution < -0.4 is 0 Å². The van der Waals surface area contributed by atoms with Crippen LogP contribution in [0.2, 0.25) is 0 Å². The van der Waals surface area contributed by atoms with E-state index in [1.165, 1.54) is 5.57 Å². The molecule has 3 aliphatic rings. The zero-order chi connectivity index (χ0) is 22.4. The average Bonchev–Trinajstić information content (AvgIpc) is 3.28. The molecule has 0 aliphatic carbocycles. The van der Waals surface area contributed by atoms with Gasteiger partial charge in [-0.1, -0.05) is 68.7 Å². The Labute approximate surface area is 187 Å². The fourth-order valence-corrected chi connectivity index (χ4v) is 3.33. The normalized spacial score (nSPS) is 24.0.